The molecule has 110 valence electrons. The normalized spacial score (nSPS) is 12.4. The Labute approximate surface area is 130 Å². The van der Waals surface area contributed by atoms with Gasteiger partial charge < -0.3 is 0 Å². The molecule has 0 fully saturated rings. The van der Waals surface area contributed by atoms with E-state index in [1.807, 2.05) is 24.3 Å². The number of carbonyl (C=O) groups excluding carboxylic acids is 2. The molecule has 0 radical (unpaired) electrons. The van der Waals surface area contributed by atoms with Crippen molar-refractivity contribution >= 4 is 27.5 Å². The van der Waals surface area contributed by atoms with Crippen molar-refractivity contribution in [1.82, 2.24) is 0 Å². The van der Waals surface area contributed by atoms with Crippen LogP contribution in [0.15, 0.2) is 28.7 Å². The summed E-state index contributed by atoms with van der Waals surface area (Å²) in [5, 5.41) is 0. The highest BCUT2D eigenvalue weighted by Crippen LogP contribution is 2.19. The maximum absolute atomic E-state index is 12.0. The maximum atomic E-state index is 12.0. The van der Waals surface area contributed by atoms with Crippen LogP contribution in [0, 0.1) is 11.8 Å². The molecular weight excluding hydrogens is 316 g/mol. The van der Waals surface area contributed by atoms with Crippen molar-refractivity contribution in [2.45, 2.75) is 46.5 Å². The summed E-state index contributed by atoms with van der Waals surface area (Å²) in [6.07, 6.45) is 2.51. The van der Waals surface area contributed by atoms with Gasteiger partial charge in [0.25, 0.3) is 0 Å². The third-order valence-electron chi connectivity index (χ3n) is 3.42. The molecule has 20 heavy (non-hydrogen) atoms. The van der Waals surface area contributed by atoms with Crippen molar-refractivity contribution in [1.29, 1.82) is 0 Å². The predicted molar refractivity (Wildman–Crippen MR) is 85.7 cm³/mol. The standard InChI is InChI=1S/C17H23BrO2/c1-12(2)10-15(13(3)19)6-9-17(20)11-14-4-7-16(18)8-5-14/h4-5,7-8,12,15H,6,9-11H2,1-3H3. The Morgan fingerprint density at radius 1 is 1.15 bits per heavy atom. The van der Waals surface area contributed by atoms with E-state index in [1.54, 1.807) is 6.92 Å². The smallest absolute Gasteiger partial charge is 0.137 e. The highest BCUT2D eigenvalue weighted by atomic mass is 79.9. The van der Waals surface area contributed by atoms with Gasteiger partial charge in [-0.3, -0.25) is 9.59 Å². The Kier molecular flexibility index (Phi) is 7.14. The van der Waals surface area contributed by atoms with E-state index in [0.717, 1.165) is 16.5 Å². The van der Waals surface area contributed by atoms with Crippen molar-refractivity contribution in [3.63, 3.8) is 0 Å². The molecule has 3 heteroatoms. The topological polar surface area (TPSA) is 34.1 Å². The quantitative estimate of drug-likeness (QED) is 0.694. The Morgan fingerprint density at radius 3 is 2.25 bits per heavy atom. The fraction of sp³-hybridized carbons (Fsp3) is 0.529. The number of benzene rings is 1. The second-order valence-electron chi connectivity index (χ2n) is 5.82. The van der Waals surface area contributed by atoms with Gasteiger partial charge in [0, 0.05) is 23.2 Å². The molecular formula is C17H23BrO2. The van der Waals surface area contributed by atoms with Gasteiger partial charge in [0.05, 0.1) is 0 Å². The monoisotopic (exact) mass is 338 g/mol. The minimum Gasteiger partial charge on any atom is -0.300 e. The van der Waals surface area contributed by atoms with Gasteiger partial charge in [-0.05, 0) is 43.4 Å². The lowest BCUT2D eigenvalue weighted by Gasteiger charge is -2.15. The first-order chi connectivity index (χ1) is 9.38. The van der Waals surface area contributed by atoms with Crippen LogP contribution in [0.3, 0.4) is 0 Å². The second-order valence-corrected chi connectivity index (χ2v) is 6.73. The first kappa shape index (κ1) is 17.1. The fourth-order valence-electron chi connectivity index (χ4n) is 2.31. The molecule has 0 amide bonds. The van der Waals surface area contributed by atoms with E-state index in [9.17, 15) is 9.59 Å². The molecule has 0 heterocycles. The molecule has 0 saturated carbocycles. The zero-order chi connectivity index (χ0) is 15.1. The summed E-state index contributed by atoms with van der Waals surface area (Å²) in [6.45, 7) is 5.85. The summed E-state index contributed by atoms with van der Waals surface area (Å²) >= 11 is 3.38. The van der Waals surface area contributed by atoms with Crippen LogP contribution in [0.5, 0.6) is 0 Å². The molecule has 0 aliphatic rings. The molecule has 1 atom stereocenters. The summed E-state index contributed by atoms with van der Waals surface area (Å²) in [5.74, 6) is 0.937. The van der Waals surface area contributed by atoms with Crippen LogP contribution in [0.25, 0.3) is 0 Å². The average Bonchev–Trinajstić information content (AvgIpc) is 2.36. The first-order valence-electron chi connectivity index (χ1n) is 7.15. The summed E-state index contributed by atoms with van der Waals surface area (Å²) in [4.78, 5) is 23.6. The summed E-state index contributed by atoms with van der Waals surface area (Å²) < 4.78 is 1.02. The van der Waals surface area contributed by atoms with Crippen molar-refractivity contribution < 1.29 is 9.59 Å². The first-order valence-corrected chi connectivity index (χ1v) is 7.94. The van der Waals surface area contributed by atoms with Crippen molar-refractivity contribution in [2.24, 2.45) is 11.8 Å². The van der Waals surface area contributed by atoms with E-state index < -0.39 is 0 Å². The Hall–Kier alpha value is -0.960. The lowest BCUT2D eigenvalue weighted by Crippen LogP contribution is -2.16. The largest absolute Gasteiger partial charge is 0.300 e. The number of Topliss-reactive ketones (excluding diaryl/α,β-unsaturated/α-hetero) is 2. The molecule has 0 aliphatic heterocycles. The van der Waals surface area contributed by atoms with Gasteiger partial charge in [-0.1, -0.05) is 41.9 Å². The van der Waals surface area contributed by atoms with Crippen LogP contribution in [0.1, 0.15) is 45.6 Å². The highest BCUT2D eigenvalue weighted by Gasteiger charge is 2.17. The van der Waals surface area contributed by atoms with Gasteiger partial charge in [0.1, 0.15) is 11.6 Å². The zero-order valence-corrected chi connectivity index (χ0v) is 14.1. The fourth-order valence-corrected chi connectivity index (χ4v) is 2.57. The Balaban J connectivity index is 2.45. The second kappa shape index (κ2) is 8.35. The molecule has 1 aromatic rings. The SMILES string of the molecule is CC(=O)C(CCC(=O)Cc1ccc(Br)cc1)CC(C)C. The van der Waals surface area contributed by atoms with Crippen molar-refractivity contribution in [3.8, 4) is 0 Å². The van der Waals surface area contributed by atoms with Crippen molar-refractivity contribution in [3.05, 3.63) is 34.3 Å². The van der Waals surface area contributed by atoms with E-state index in [-0.39, 0.29) is 17.5 Å². The average molecular weight is 339 g/mol. The van der Waals surface area contributed by atoms with E-state index in [2.05, 4.69) is 29.8 Å². The van der Waals surface area contributed by atoms with Crippen LogP contribution in [0.2, 0.25) is 0 Å². The van der Waals surface area contributed by atoms with Crippen molar-refractivity contribution in [2.75, 3.05) is 0 Å². The van der Waals surface area contributed by atoms with Gasteiger partial charge >= 0.3 is 0 Å². The van der Waals surface area contributed by atoms with Gasteiger partial charge in [0.15, 0.2) is 0 Å². The number of halogens is 1. The lowest BCUT2D eigenvalue weighted by atomic mass is 9.88. The molecule has 0 bridgehead atoms. The molecule has 0 aromatic heterocycles. The summed E-state index contributed by atoms with van der Waals surface area (Å²) in [7, 11) is 0. The van der Waals surface area contributed by atoms with Gasteiger partial charge in [-0.25, -0.2) is 0 Å². The van der Waals surface area contributed by atoms with Crippen LogP contribution >= 0.6 is 15.9 Å². The number of rotatable bonds is 8. The van der Waals surface area contributed by atoms with E-state index in [4.69, 9.17) is 0 Å². The van der Waals surface area contributed by atoms with Crippen LogP contribution in [0.4, 0.5) is 0 Å². The molecule has 0 aliphatic carbocycles. The summed E-state index contributed by atoms with van der Waals surface area (Å²) in [6, 6.07) is 7.80. The molecule has 0 N–H and O–H groups in total. The van der Waals surface area contributed by atoms with Crippen LogP contribution < -0.4 is 0 Å². The maximum Gasteiger partial charge on any atom is 0.137 e. The molecule has 0 saturated heterocycles. The van der Waals surface area contributed by atoms with Crippen LogP contribution in [-0.2, 0) is 16.0 Å². The molecule has 1 unspecified atom stereocenters. The van der Waals surface area contributed by atoms with Gasteiger partial charge in [-0.15, -0.1) is 0 Å². The van der Waals surface area contributed by atoms with E-state index in [1.165, 1.54) is 0 Å². The highest BCUT2D eigenvalue weighted by molar-refractivity contribution is 9.10. The van der Waals surface area contributed by atoms with E-state index in [0.29, 0.717) is 25.2 Å². The third-order valence-corrected chi connectivity index (χ3v) is 3.95. The zero-order valence-electron chi connectivity index (χ0n) is 12.5. The predicted octanol–water partition coefficient (Wildman–Crippen LogP) is 4.59. The summed E-state index contributed by atoms with van der Waals surface area (Å²) in [5.41, 5.74) is 1.03. The minimum atomic E-state index is 0.0314. The Morgan fingerprint density at radius 2 is 1.75 bits per heavy atom. The molecule has 0 spiro atoms. The minimum absolute atomic E-state index is 0.0314. The molecule has 1 rings (SSSR count). The van der Waals surface area contributed by atoms with Crippen LogP contribution in [-0.4, -0.2) is 11.6 Å². The number of hydrogen-bond donors (Lipinski definition) is 0. The van der Waals surface area contributed by atoms with Gasteiger partial charge in [0.2, 0.25) is 0 Å². The number of carbonyl (C=O) groups is 2. The lowest BCUT2D eigenvalue weighted by molar-refractivity contribution is -0.122. The van der Waals surface area contributed by atoms with Gasteiger partial charge in [-0.2, -0.15) is 0 Å². The number of hydrogen-bond acceptors (Lipinski definition) is 2. The Bertz CT molecular complexity index is 449. The third kappa shape index (κ3) is 6.47. The van der Waals surface area contributed by atoms with E-state index >= 15 is 0 Å². The molecule has 1 aromatic carbocycles. The number of ketones is 2. The molecule has 2 nitrogen and oxygen atoms in total.